The van der Waals surface area contributed by atoms with Crippen LogP contribution in [0.4, 0.5) is 0 Å². The highest BCUT2D eigenvalue weighted by atomic mass is 16.5. The summed E-state index contributed by atoms with van der Waals surface area (Å²) in [5.41, 5.74) is 4.34. The molecule has 0 saturated heterocycles. The maximum atomic E-state index is 13.1. The molecule has 0 atom stereocenters. The van der Waals surface area contributed by atoms with Crippen LogP contribution in [0.3, 0.4) is 0 Å². The number of rotatable bonds is 30. The van der Waals surface area contributed by atoms with E-state index in [9.17, 15) is 19.2 Å². The minimum absolute atomic E-state index is 0.379. The van der Waals surface area contributed by atoms with Gasteiger partial charge in [-0.05, 0) is 209 Å². The van der Waals surface area contributed by atoms with E-state index in [0.29, 0.717) is 95.4 Å². The van der Waals surface area contributed by atoms with Gasteiger partial charge in [-0.3, -0.25) is 0 Å². The summed E-state index contributed by atoms with van der Waals surface area (Å²) in [7, 11) is 0. The third-order valence-electron chi connectivity index (χ3n) is 13.5. The van der Waals surface area contributed by atoms with E-state index >= 15 is 0 Å². The van der Waals surface area contributed by atoms with E-state index in [1.54, 1.807) is 97.1 Å². The molecule has 13 heteroatoms. The largest absolute Gasteiger partial charge is 0.494 e. The van der Waals surface area contributed by atoms with E-state index in [2.05, 4.69) is 43.8 Å². The number of fused-ring (bicyclic) bond motifs is 3. The van der Waals surface area contributed by atoms with Crippen LogP contribution >= 0.6 is 0 Å². The summed E-state index contributed by atoms with van der Waals surface area (Å²) < 4.78 is 45.5. The number of nitrogens with zero attached hydrogens (tertiary/aromatic N) is 1. The van der Waals surface area contributed by atoms with Gasteiger partial charge in [0.1, 0.15) is 34.5 Å². The van der Waals surface area contributed by atoms with Gasteiger partial charge in [0, 0.05) is 45.2 Å². The summed E-state index contributed by atoms with van der Waals surface area (Å²) >= 11 is 0. The molecule has 0 N–H and O–H groups in total. The lowest BCUT2D eigenvalue weighted by molar-refractivity contribution is -0.138. The molecule has 0 amide bonds. The van der Waals surface area contributed by atoms with Crippen molar-refractivity contribution in [2.75, 3.05) is 33.0 Å². The van der Waals surface area contributed by atoms with Crippen LogP contribution in [-0.4, -0.2) is 61.9 Å². The molecule has 0 unspecified atom stereocenters. The smallest absolute Gasteiger partial charge is 0.343 e. The topological polar surface area (TPSA) is 155 Å². The summed E-state index contributed by atoms with van der Waals surface area (Å²) in [6, 6.07) is 47.1. The zero-order valence-corrected chi connectivity index (χ0v) is 48.4. The van der Waals surface area contributed by atoms with Crippen LogP contribution in [-0.2, 0) is 19.1 Å². The SMILES string of the molecule is C=CC(=O)OCCCCCCOc1ccc(OC(=O)c2ccc(C#Cc3ccc4c(c3)nc(Oc3ccc(OCCCCCC)cc3)c3cc(C#Cc5ccc(C(=O)Oc6ccc(OCCCCCCOC(=O)C=C)cc6)cc5)ccc34)cc2)cc1. The molecule has 438 valence electrons. The van der Waals surface area contributed by atoms with E-state index in [1.165, 1.54) is 6.42 Å². The number of hydrogen-bond acceptors (Lipinski definition) is 13. The van der Waals surface area contributed by atoms with Crippen molar-refractivity contribution >= 4 is 45.6 Å². The molecular formula is C73H69NO12. The zero-order chi connectivity index (χ0) is 60.1. The molecule has 8 rings (SSSR count). The molecule has 86 heavy (non-hydrogen) atoms. The fourth-order valence-corrected chi connectivity index (χ4v) is 8.81. The molecule has 1 heterocycles. The van der Waals surface area contributed by atoms with Gasteiger partial charge in [0.15, 0.2) is 0 Å². The lowest BCUT2D eigenvalue weighted by atomic mass is 10.0. The van der Waals surface area contributed by atoms with Crippen LogP contribution in [0.25, 0.3) is 21.7 Å². The average molecular weight is 1150 g/mol. The average Bonchev–Trinajstić information content (AvgIpc) is 1.09. The summed E-state index contributed by atoms with van der Waals surface area (Å²) in [4.78, 5) is 53.5. The van der Waals surface area contributed by atoms with Crippen LogP contribution in [0.1, 0.15) is 127 Å². The second kappa shape index (κ2) is 33.3. The number of benzene rings is 7. The molecule has 0 fully saturated rings. The van der Waals surface area contributed by atoms with Gasteiger partial charge in [-0.15, -0.1) is 0 Å². The van der Waals surface area contributed by atoms with Crippen LogP contribution in [0.5, 0.6) is 40.4 Å². The molecule has 0 aliphatic carbocycles. The molecule has 0 radical (unpaired) electrons. The first-order valence-electron chi connectivity index (χ1n) is 29.1. The van der Waals surface area contributed by atoms with Crippen molar-refractivity contribution < 1.29 is 57.1 Å². The number of esters is 4. The van der Waals surface area contributed by atoms with Gasteiger partial charge in [0.05, 0.1) is 49.7 Å². The van der Waals surface area contributed by atoms with Gasteiger partial charge < -0.3 is 37.9 Å². The van der Waals surface area contributed by atoms with Crippen molar-refractivity contribution in [3.05, 3.63) is 216 Å². The molecule has 0 saturated carbocycles. The maximum Gasteiger partial charge on any atom is 0.343 e. The quantitative estimate of drug-likeness (QED) is 0.0105. The number of unbranched alkanes of at least 4 members (excludes halogenated alkanes) is 9. The monoisotopic (exact) mass is 1150 g/mol. The first kappa shape index (κ1) is 61.9. The van der Waals surface area contributed by atoms with Gasteiger partial charge in [-0.2, -0.15) is 0 Å². The highest BCUT2D eigenvalue weighted by Gasteiger charge is 2.15. The van der Waals surface area contributed by atoms with Gasteiger partial charge >= 0.3 is 23.9 Å². The lowest BCUT2D eigenvalue weighted by Crippen LogP contribution is -2.08. The van der Waals surface area contributed by atoms with Crippen molar-refractivity contribution in [2.45, 2.75) is 84.0 Å². The van der Waals surface area contributed by atoms with Crippen molar-refractivity contribution in [2.24, 2.45) is 0 Å². The Morgan fingerprint density at radius 2 is 0.767 bits per heavy atom. The number of ether oxygens (including phenoxy) is 8. The number of carbonyl (C=O) groups is 4. The third-order valence-corrected chi connectivity index (χ3v) is 13.5. The molecule has 0 aliphatic rings. The Morgan fingerprint density at radius 3 is 1.21 bits per heavy atom. The molecule has 0 bridgehead atoms. The van der Waals surface area contributed by atoms with E-state index in [4.69, 9.17) is 42.9 Å². The Bertz CT molecular complexity index is 3700. The first-order chi connectivity index (χ1) is 42.1. The summed E-state index contributed by atoms with van der Waals surface area (Å²) in [6.45, 7) is 11.5. The highest BCUT2D eigenvalue weighted by molar-refractivity contribution is 6.08. The fourth-order valence-electron chi connectivity index (χ4n) is 8.81. The molecule has 7 aromatic carbocycles. The normalized spacial score (nSPS) is 10.6. The van der Waals surface area contributed by atoms with E-state index in [0.717, 1.165) is 116 Å². The van der Waals surface area contributed by atoms with E-state index in [1.807, 2.05) is 60.7 Å². The van der Waals surface area contributed by atoms with Gasteiger partial charge in [0.2, 0.25) is 5.88 Å². The standard InChI is InChI=1S/C73H69NO12/c1-4-7-8-13-46-79-59-32-38-62(39-33-59)84-71-67-51-55(20-18-53-22-28-57(29-23-53)72(77)85-63-40-34-60(35-41-63)80-47-14-9-11-16-49-82-69(75)5-2)26-44-65(67)66-45-27-56(52-68(66)74-71)21-19-54-24-30-58(31-25-54)73(78)86-64-42-36-61(37-43-64)81-48-15-10-12-17-50-83-70(76)6-3/h5-6,22-45,51-52H,2-4,7-17,46-50H2,1H3. The maximum absolute atomic E-state index is 13.1. The highest BCUT2D eigenvalue weighted by Crippen LogP contribution is 2.35. The first-order valence-corrected chi connectivity index (χ1v) is 29.1. The predicted molar refractivity (Wildman–Crippen MR) is 333 cm³/mol. The Kier molecular flexibility index (Phi) is 24.0. The van der Waals surface area contributed by atoms with Crippen LogP contribution in [0.2, 0.25) is 0 Å². The van der Waals surface area contributed by atoms with Crippen LogP contribution < -0.4 is 28.4 Å². The second-order valence-corrected chi connectivity index (χ2v) is 20.0. The minimum atomic E-state index is -0.496. The number of pyridine rings is 1. The Morgan fingerprint density at radius 1 is 0.395 bits per heavy atom. The van der Waals surface area contributed by atoms with Crippen LogP contribution in [0, 0.1) is 23.7 Å². The van der Waals surface area contributed by atoms with Gasteiger partial charge in [0.25, 0.3) is 0 Å². The minimum Gasteiger partial charge on any atom is -0.494 e. The Balaban J connectivity index is 0.893. The van der Waals surface area contributed by atoms with E-state index in [-0.39, 0.29) is 0 Å². The number of carbonyl (C=O) groups excluding carboxylic acids is 4. The summed E-state index contributed by atoms with van der Waals surface area (Å²) in [6.07, 6.45) is 13.8. The Hall–Kier alpha value is -10.1. The predicted octanol–water partition coefficient (Wildman–Crippen LogP) is 15.7. The number of hydrogen-bond donors (Lipinski definition) is 0. The van der Waals surface area contributed by atoms with E-state index < -0.39 is 23.9 Å². The zero-order valence-electron chi connectivity index (χ0n) is 48.4. The third kappa shape index (κ3) is 19.8. The van der Waals surface area contributed by atoms with Crippen molar-refractivity contribution in [3.8, 4) is 64.1 Å². The fraction of sp³-hybridized carbons (Fsp3) is 0.247. The molecular weight excluding hydrogens is 1080 g/mol. The molecule has 8 aromatic rings. The van der Waals surface area contributed by atoms with Gasteiger partial charge in [-0.1, -0.05) is 75.2 Å². The number of aromatic nitrogens is 1. The van der Waals surface area contributed by atoms with Crippen molar-refractivity contribution in [3.63, 3.8) is 0 Å². The van der Waals surface area contributed by atoms with Crippen molar-refractivity contribution in [1.29, 1.82) is 0 Å². The molecule has 13 nitrogen and oxygen atoms in total. The second-order valence-electron chi connectivity index (χ2n) is 20.0. The Labute approximate surface area is 502 Å². The molecule has 0 aliphatic heterocycles. The van der Waals surface area contributed by atoms with Gasteiger partial charge in [-0.25, -0.2) is 24.2 Å². The van der Waals surface area contributed by atoms with Crippen molar-refractivity contribution in [1.82, 2.24) is 4.98 Å². The summed E-state index contributed by atoms with van der Waals surface area (Å²) in [5, 5.41) is 2.58. The summed E-state index contributed by atoms with van der Waals surface area (Å²) in [5.74, 6) is 15.1. The van der Waals surface area contributed by atoms with Crippen LogP contribution in [0.15, 0.2) is 183 Å². The molecule has 0 spiro atoms. The molecule has 1 aromatic heterocycles. The lowest BCUT2D eigenvalue weighted by Gasteiger charge is -2.12.